The second-order valence-corrected chi connectivity index (χ2v) is 6.31. The molecule has 0 saturated heterocycles. The molecule has 0 atom stereocenters. The topological polar surface area (TPSA) is 76.0 Å². The SMILES string of the molecule is O=C(NCCn1nc2c(cc1=O)CCCC2)Nc1ccccc1C(F)(F)F. The number of hydrogen-bond donors (Lipinski definition) is 2. The predicted octanol–water partition coefficient (Wildman–Crippen LogP) is 2.96. The summed E-state index contributed by atoms with van der Waals surface area (Å²) in [5, 5.41) is 8.96. The van der Waals surface area contributed by atoms with Crippen LogP contribution in [0.1, 0.15) is 29.7 Å². The lowest BCUT2D eigenvalue weighted by atomic mass is 9.97. The van der Waals surface area contributed by atoms with E-state index in [1.807, 2.05) is 0 Å². The van der Waals surface area contributed by atoms with E-state index >= 15 is 0 Å². The van der Waals surface area contributed by atoms with Gasteiger partial charge in [0.1, 0.15) is 0 Å². The summed E-state index contributed by atoms with van der Waals surface area (Å²) >= 11 is 0. The largest absolute Gasteiger partial charge is 0.418 e. The molecule has 0 aliphatic heterocycles. The van der Waals surface area contributed by atoms with Crippen LogP contribution in [0.3, 0.4) is 0 Å². The van der Waals surface area contributed by atoms with Crippen LogP contribution in [0.4, 0.5) is 23.7 Å². The molecular formula is C18H19F3N4O2. The molecule has 1 aliphatic carbocycles. The van der Waals surface area contributed by atoms with E-state index in [1.165, 1.54) is 22.9 Å². The van der Waals surface area contributed by atoms with Crippen LogP contribution in [0, 0.1) is 0 Å². The first-order valence-corrected chi connectivity index (χ1v) is 8.65. The third kappa shape index (κ3) is 4.66. The Balaban J connectivity index is 1.59. The Morgan fingerprint density at radius 2 is 1.93 bits per heavy atom. The number of carbonyl (C=O) groups excluding carboxylic acids is 1. The molecule has 27 heavy (non-hydrogen) atoms. The zero-order valence-electron chi connectivity index (χ0n) is 14.5. The molecule has 1 heterocycles. The Hall–Kier alpha value is -2.84. The number of anilines is 1. The Labute approximate surface area is 153 Å². The van der Waals surface area contributed by atoms with Gasteiger partial charge in [0.2, 0.25) is 0 Å². The minimum atomic E-state index is -4.57. The van der Waals surface area contributed by atoms with Gasteiger partial charge in [-0.2, -0.15) is 18.3 Å². The van der Waals surface area contributed by atoms with E-state index in [2.05, 4.69) is 15.7 Å². The summed E-state index contributed by atoms with van der Waals surface area (Å²) in [5.74, 6) is 0. The molecule has 2 amide bonds. The molecule has 0 unspecified atom stereocenters. The molecule has 2 aromatic rings. The van der Waals surface area contributed by atoms with Gasteiger partial charge in [0.25, 0.3) is 5.56 Å². The summed E-state index contributed by atoms with van der Waals surface area (Å²) in [6, 6.07) is 5.52. The molecule has 1 aromatic carbocycles. The van der Waals surface area contributed by atoms with Crippen LogP contribution >= 0.6 is 0 Å². The fourth-order valence-electron chi connectivity index (χ4n) is 3.04. The zero-order valence-corrected chi connectivity index (χ0v) is 14.5. The van der Waals surface area contributed by atoms with Crippen LogP contribution in [0.25, 0.3) is 0 Å². The molecule has 3 rings (SSSR count). The van der Waals surface area contributed by atoms with Gasteiger partial charge in [0, 0.05) is 12.6 Å². The van der Waals surface area contributed by atoms with Crippen molar-refractivity contribution in [1.29, 1.82) is 0 Å². The average Bonchev–Trinajstić information content (AvgIpc) is 2.61. The van der Waals surface area contributed by atoms with Gasteiger partial charge in [-0.3, -0.25) is 4.79 Å². The minimum absolute atomic E-state index is 0.0612. The average molecular weight is 380 g/mol. The van der Waals surface area contributed by atoms with Gasteiger partial charge in [0.15, 0.2) is 0 Å². The number of alkyl halides is 3. The first-order valence-electron chi connectivity index (χ1n) is 8.65. The smallest absolute Gasteiger partial charge is 0.336 e. The minimum Gasteiger partial charge on any atom is -0.336 e. The van der Waals surface area contributed by atoms with E-state index in [4.69, 9.17) is 0 Å². The van der Waals surface area contributed by atoms with Crippen molar-refractivity contribution in [2.75, 3.05) is 11.9 Å². The van der Waals surface area contributed by atoms with Crippen molar-refractivity contribution in [3.63, 3.8) is 0 Å². The quantitative estimate of drug-likeness (QED) is 0.856. The molecule has 2 N–H and O–H groups in total. The third-order valence-corrected chi connectivity index (χ3v) is 4.36. The van der Waals surface area contributed by atoms with Crippen molar-refractivity contribution in [2.24, 2.45) is 0 Å². The maximum absolute atomic E-state index is 12.9. The first kappa shape index (κ1) is 18.9. The Bertz CT molecular complexity index is 893. The maximum atomic E-state index is 12.9. The number of rotatable bonds is 4. The fraction of sp³-hybridized carbons (Fsp3) is 0.389. The Morgan fingerprint density at radius 1 is 1.19 bits per heavy atom. The van der Waals surface area contributed by atoms with Gasteiger partial charge in [-0.05, 0) is 43.4 Å². The van der Waals surface area contributed by atoms with E-state index in [0.717, 1.165) is 43.0 Å². The molecule has 0 spiro atoms. The van der Waals surface area contributed by atoms with Crippen molar-refractivity contribution >= 4 is 11.7 Å². The van der Waals surface area contributed by atoms with Crippen LogP contribution in [0.2, 0.25) is 0 Å². The highest BCUT2D eigenvalue weighted by molar-refractivity contribution is 5.90. The number of hydrogen-bond acceptors (Lipinski definition) is 3. The number of aryl methyl sites for hydroxylation is 2. The number of benzene rings is 1. The summed E-state index contributed by atoms with van der Waals surface area (Å²) in [6.07, 6.45) is -0.837. The number of fused-ring (bicyclic) bond motifs is 1. The Morgan fingerprint density at radius 3 is 2.70 bits per heavy atom. The van der Waals surface area contributed by atoms with Gasteiger partial charge < -0.3 is 10.6 Å². The van der Waals surface area contributed by atoms with Crippen molar-refractivity contribution in [1.82, 2.24) is 15.1 Å². The lowest BCUT2D eigenvalue weighted by molar-refractivity contribution is -0.136. The summed E-state index contributed by atoms with van der Waals surface area (Å²) < 4.78 is 40.1. The van der Waals surface area contributed by atoms with Gasteiger partial charge in [0.05, 0.1) is 23.5 Å². The normalized spacial score (nSPS) is 13.7. The predicted molar refractivity (Wildman–Crippen MR) is 93.6 cm³/mol. The van der Waals surface area contributed by atoms with Crippen LogP contribution in [-0.4, -0.2) is 22.4 Å². The van der Waals surface area contributed by atoms with Crippen LogP contribution in [0.5, 0.6) is 0 Å². The summed E-state index contributed by atoms with van der Waals surface area (Å²) in [7, 11) is 0. The highest BCUT2D eigenvalue weighted by Crippen LogP contribution is 2.34. The number of para-hydroxylation sites is 1. The number of amides is 2. The standard InChI is InChI=1S/C18H19F3N4O2/c19-18(20,21)13-6-2-4-8-15(13)23-17(27)22-9-10-25-16(26)11-12-5-1-3-7-14(12)24-25/h2,4,6,8,11H,1,3,5,7,9-10H2,(H2,22,23,27). The molecule has 0 fully saturated rings. The van der Waals surface area contributed by atoms with Gasteiger partial charge >= 0.3 is 12.2 Å². The van der Waals surface area contributed by atoms with Gasteiger partial charge in [-0.15, -0.1) is 0 Å². The molecular weight excluding hydrogens is 361 g/mol. The van der Waals surface area contributed by atoms with E-state index in [-0.39, 0.29) is 24.3 Å². The van der Waals surface area contributed by atoms with E-state index in [0.29, 0.717) is 0 Å². The third-order valence-electron chi connectivity index (χ3n) is 4.36. The van der Waals surface area contributed by atoms with Crippen LogP contribution < -0.4 is 16.2 Å². The molecule has 0 radical (unpaired) electrons. The highest BCUT2D eigenvalue weighted by atomic mass is 19.4. The summed E-state index contributed by atoms with van der Waals surface area (Å²) in [4.78, 5) is 24.0. The van der Waals surface area contributed by atoms with Crippen molar-refractivity contribution in [3.8, 4) is 0 Å². The van der Waals surface area contributed by atoms with E-state index < -0.39 is 17.8 Å². The number of urea groups is 1. The van der Waals surface area contributed by atoms with Crippen molar-refractivity contribution in [3.05, 3.63) is 57.5 Å². The number of halogens is 3. The molecule has 6 nitrogen and oxygen atoms in total. The summed E-state index contributed by atoms with van der Waals surface area (Å²) in [6.45, 7) is 0.201. The monoisotopic (exact) mass is 380 g/mol. The van der Waals surface area contributed by atoms with E-state index in [9.17, 15) is 22.8 Å². The second-order valence-electron chi connectivity index (χ2n) is 6.31. The molecule has 0 saturated carbocycles. The van der Waals surface area contributed by atoms with Crippen LogP contribution in [0.15, 0.2) is 35.1 Å². The van der Waals surface area contributed by atoms with Crippen molar-refractivity contribution in [2.45, 2.75) is 38.4 Å². The fourth-order valence-corrected chi connectivity index (χ4v) is 3.04. The number of nitrogens with zero attached hydrogens (tertiary/aromatic N) is 2. The highest BCUT2D eigenvalue weighted by Gasteiger charge is 2.33. The van der Waals surface area contributed by atoms with Crippen LogP contribution in [-0.2, 0) is 25.6 Å². The Kier molecular flexibility index (Phi) is 5.48. The molecule has 9 heteroatoms. The van der Waals surface area contributed by atoms with Gasteiger partial charge in [-0.25, -0.2) is 9.48 Å². The van der Waals surface area contributed by atoms with Crippen molar-refractivity contribution < 1.29 is 18.0 Å². The summed E-state index contributed by atoms with van der Waals surface area (Å²) in [5.41, 5.74) is 0.362. The lowest BCUT2D eigenvalue weighted by Gasteiger charge is -2.16. The molecule has 1 aliphatic rings. The molecule has 1 aromatic heterocycles. The lowest BCUT2D eigenvalue weighted by Crippen LogP contribution is -2.35. The maximum Gasteiger partial charge on any atom is 0.418 e. The first-order chi connectivity index (χ1) is 12.8. The number of aromatic nitrogens is 2. The molecule has 144 valence electrons. The van der Waals surface area contributed by atoms with Gasteiger partial charge in [-0.1, -0.05) is 12.1 Å². The van der Waals surface area contributed by atoms with E-state index in [1.54, 1.807) is 6.07 Å². The second kappa shape index (κ2) is 7.81. The number of nitrogens with one attached hydrogen (secondary N) is 2. The zero-order chi connectivity index (χ0) is 19.4. The molecule has 0 bridgehead atoms. The number of carbonyl (C=O) groups is 1.